The van der Waals surface area contributed by atoms with Crippen LogP contribution in [0.25, 0.3) is 143 Å². The lowest BCUT2D eigenvalue weighted by atomic mass is 9.91. The number of rotatable bonds is 17. The normalized spacial score (nSPS) is 11.6. The highest BCUT2D eigenvalue weighted by Crippen LogP contribution is 2.51. The highest BCUT2D eigenvalue weighted by molar-refractivity contribution is 6.28. The summed E-state index contributed by atoms with van der Waals surface area (Å²) in [6, 6.07) is 162. The molecule has 0 aliphatic rings. The van der Waals surface area contributed by atoms with Crippen molar-refractivity contribution in [3.63, 3.8) is 0 Å². The molecule has 2 aromatic heterocycles. The van der Waals surface area contributed by atoms with Gasteiger partial charge >= 0.3 is 0 Å². The van der Waals surface area contributed by atoms with E-state index in [1.54, 1.807) is 0 Å². The second kappa shape index (κ2) is 29.3. The third-order valence-electron chi connectivity index (χ3n) is 23.3. The molecule has 22 rings (SSSR count). The number of hydrogen-bond donors (Lipinski definition) is 0. The summed E-state index contributed by atoms with van der Waals surface area (Å²) in [5, 5.41) is 13.4. The fourth-order valence-corrected chi connectivity index (χ4v) is 17.9. The Kier molecular flexibility index (Phi) is 17.1. The average molecular weight is 1510 g/mol. The number of nitrogens with zero attached hydrogens (tertiary/aromatic N) is 4. The Morgan fingerprint density at radius 3 is 0.831 bits per heavy atom. The summed E-state index contributed by atoms with van der Waals surface area (Å²) in [5.74, 6) is 0. The number of anilines is 12. The van der Waals surface area contributed by atoms with E-state index < -0.39 is 0 Å². The van der Waals surface area contributed by atoms with E-state index in [2.05, 4.69) is 469 Å². The molecule has 554 valence electrons. The maximum absolute atomic E-state index is 6.81. The van der Waals surface area contributed by atoms with E-state index in [1.165, 1.54) is 5.56 Å². The molecule has 0 saturated heterocycles. The van der Waals surface area contributed by atoms with Crippen molar-refractivity contribution in [2.45, 2.75) is 0 Å². The van der Waals surface area contributed by atoms with Gasteiger partial charge in [-0.05, 0) is 251 Å². The van der Waals surface area contributed by atoms with Crippen molar-refractivity contribution in [2.24, 2.45) is 0 Å². The van der Waals surface area contributed by atoms with Crippen LogP contribution in [0.4, 0.5) is 68.2 Å². The van der Waals surface area contributed by atoms with Gasteiger partial charge in [-0.25, -0.2) is 0 Å². The lowest BCUT2D eigenvalue weighted by Gasteiger charge is -2.29. The van der Waals surface area contributed by atoms with E-state index in [1.807, 2.05) is 0 Å². The van der Waals surface area contributed by atoms with Crippen LogP contribution in [-0.4, -0.2) is 0 Å². The van der Waals surface area contributed by atoms with Crippen LogP contribution in [0, 0.1) is 0 Å². The zero-order chi connectivity index (χ0) is 78.0. The first-order valence-electron chi connectivity index (χ1n) is 40.3. The Hall–Kier alpha value is -15.8. The van der Waals surface area contributed by atoms with Gasteiger partial charge in [-0.2, -0.15) is 0 Å². The van der Waals surface area contributed by atoms with Crippen molar-refractivity contribution >= 4 is 155 Å². The van der Waals surface area contributed by atoms with Crippen LogP contribution in [0.2, 0.25) is 0 Å². The molecule has 6 nitrogen and oxygen atoms in total. The van der Waals surface area contributed by atoms with E-state index in [0.717, 1.165) is 205 Å². The lowest BCUT2D eigenvalue weighted by Crippen LogP contribution is -2.11. The third-order valence-corrected chi connectivity index (χ3v) is 23.3. The molecule has 0 aliphatic heterocycles. The fraction of sp³-hybridized carbons (Fsp3) is 0. The number of furan rings is 2. The molecule has 0 radical (unpaired) electrons. The Morgan fingerprint density at radius 2 is 0.424 bits per heavy atom. The van der Waals surface area contributed by atoms with E-state index in [9.17, 15) is 0 Å². The number of hydrogen-bond acceptors (Lipinski definition) is 6. The van der Waals surface area contributed by atoms with Gasteiger partial charge in [0.05, 0.1) is 11.4 Å². The largest absolute Gasteiger partial charge is 0.456 e. The zero-order valence-corrected chi connectivity index (χ0v) is 64.3. The van der Waals surface area contributed by atoms with Crippen LogP contribution >= 0.6 is 0 Å². The first-order valence-corrected chi connectivity index (χ1v) is 40.3. The van der Waals surface area contributed by atoms with Gasteiger partial charge in [0.15, 0.2) is 0 Å². The molecular formula is C112H74N4O2. The molecule has 0 atom stereocenters. The van der Waals surface area contributed by atoms with Crippen molar-refractivity contribution in [3.05, 3.63) is 449 Å². The third kappa shape index (κ3) is 12.3. The molecule has 2 heterocycles. The highest BCUT2D eigenvalue weighted by Gasteiger charge is 2.26. The molecule has 6 heteroatoms. The Labute approximate surface area is 683 Å². The number of para-hydroxylation sites is 5. The maximum atomic E-state index is 6.81. The molecule has 0 N–H and O–H groups in total. The molecule has 0 aliphatic carbocycles. The smallest absolute Gasteiger partial charge is 0.136 e. The van der Waals surface area contributed by atoms with Crippen LogP contribution in [0.15, 0.2) is 458 Å². The van der Waals surface area contributed by atoms with Crippen molar-refractivity contribution in [1.29, 1.82) is 0 Å². The molecule has 22 aromatic rings. The standard InChI is InChI=1S/C112H74N4O2/c1-8-28-75(29-9-1)78-34-26-44-89(68-78)113(85-36-14-4-15-37-85)91-55-59-98-80(70-91)51-64-105-109(98)110-99-60-56-92(71-81(99)52-65-106(110)117-105)114(86-38-16-5-17-39-86)90-45-27-35-79(69-90)95-46-22-23-47-96(95)84-50-63-104(102(74-84)77-32-12-3-13-33-77)116(88-42-20-7-21-43-88)94-58-62-101-83(73-94)54-67-108-112(101)111-100-61-57-93(72-82(100)53-66-107(111)118-108)115(87-40-18-6-19-41-87)103-49-25-24-48-97(103)76-30-10-2-11-31-76/h1-74H. The summed E-state index contributed by atoms with van der Waals surface area (Å²) < 4.78 is 13.6. The van der Waals surface area contributed by atoms with E-state index in [4.69, 9.17) is 8.83 Å². The van der Waals surface area contributed by atoms with Gasteiger partial charge in [0.1, 0.15) is 22.3 Å². The molecule has 0 saturated carbocycles. The van der Waals surface area contributed by atoms with Gasteiger partial charge in [-0.3, -0.25) is 0 Å². The SMILES string of the molecule is c1ccc(-c2cccc(N(c3ccccc3)c3ccc4c(ccc5oc6ccc7cc(N(c8ccccc8)c8cccc(-c9ccccc9-c9ccc(N(c%10ccccc%10)c%10ccc%11c(ccc%12oc%13ccc%14cc(N(c%15ccccc%15)c%15ccccc%15-c%15ccccc%15)ccc%14c%13c%12%11)c%10)c(-c%10ccccc%10)c9)c8)ccc7c6c54)c3)c2)cc1. The molecular weight excluding hydrogens is 1430 g/mol. The van der Waals surface area contributed by atoms with Crippen LogP contribution in [-0.2, 0) is 0 Å². The second-order valence-electron chi connectivity index (χ2n) is 30.3. The highest BCUT2D eigenvalue weighted by atomic mass is 16.3. The summed E-state index contributed by atoms with van der Waals surface area (Å²) in [6.07, 6.45) is 0. The topological polar surface area (TPSA) is 39.2 Å². The monoisotopic (exact) mass is 1510 g/mol. The summed E-state index contributed by atoms with van der Waals surface area (Å²) in [7, 11) is 0. The van der Waals surface area contributed by atoms with Crippen molar-refractivity contribution in [2.75, 3.05) is 19.6 Å². The molecule has 0 fully saturated rings. The van der Waals surface area contributed by atoms with Crippen LogP contribution in [0.3, 0.4) is 0 Å². The van der Waals surface area contributed by atoms with Crippen LogP contribution in [0.5, 0.6) is 0 Å². The van der Waals surface area contributed by atoms with Crippen molar-refractivity contribution < 1.29 is 8.83 Å². The summed E-state index contributed by atoms with van der Waals surface area (Å²) in [6.45, 7) is 0. The molecule has 0 unspecified atom stereocenters. The van der Waals surface area contributed by atoms with Crippen molar-refractivity contribution in [3.8, 4) is 55.6 Å². The molecule has 118 heavy (non-hydrogen) atoms. The van der Waals surface area contributed by atoms with Gasteiger partial charge in [0.2, 0.25) is 0 Å². The summed E-state index contributed by atoms with van der Waals surface area (Å²) >= 11 is 0. The van der Waals surface area contributed by atoms with Gasteiger partial charge in [-0.15, -0.1) is 0 Å². The first kappa shape index (κ1) is 69.0. The molecule has 0 amide bonds. The van der Waals surface area contributed by atoms with Crippen LogP contribution < -0.4 is 19.6 Å². The van der Waals surface area contributed by atoms with E-state index >= 15 is 0 Å². The Balaban J connectivity index is 0.614. The lowest BCUT2D eigenvalue weighted by molar-refractivity contribution is 0.669. The first-order chi connectivity index (χ1) is 58.5. The minimum atomic E-state index is 0.853. The van der Waals surface area contributed by atoms with E-state index in [0.29, 0.717) is 0 Å². The van der Waals surface area contributed by atoms with Crippen molar-refractivity contribution in [1.82, 2.24) is 0 Å². The number of benzene rings is 20. The van der Waals surface area contributed by atoms with Gasteiger partial charge in [0.25, 0.3) is 0 Å². The minimum Gasteiger partial charge on any atom is -0.456 e. The summed E-state index contributed by atoms with van der Waals surface area (Å²) in [5.41, 5.74) is 27.5. The quantitative estimate of drug-likeness (QED) is 0.0905. The average Bonchev–Trinajstić information content (AvgIpc) is 1.61. The fourth-order valence-electron chi connectivity index (χ4n) is 17.9. The van der Waals surface area contributed by atoms with Gasteiger partial charge in [-0.1, -0.05) is 285 Å². The minimum absolute atomic E-state index is 0.853. The molecule has 0 spiro atoms. The number of fused-ring (bicyclic) bond motifs is 14. The van der Waals surface area contributed by atoms with Gasteiger partial charge < -0.3 is 28.4 Å². The zero-order valence-electron chi connectivity index (χ0n) is 64.3. The van der Waals surface area contributed by atoms with E-state index in [-0.39, 0.29) is 0 Å². The summed E-state index contributed by atoms with van der Waals surface area (Å²) in [4.78, 5) is 9.52. The predicted molar refractivity (Wildman–Crippen MR) is 497 cm³/mol. The van der Waals surface area contributed by atoms with Crippen LogP contribution in [0.1, 0.15) is 0 Å². The Bertz CT molecular complexity index is 7560. The second-order valence-corrected chi connectivity index (χ2v) is 30.3. The molecule has 20 aromatic carbocycles. The maximum Gasteiger partial charge on any atom is 0.136 e. The van der Waals surface area contributed by atoms with Gasteiger partial charge in [0, 0.05) is 89.5 Å². The molecule has 0 bridgehead atoms. The predicted octanol–water partition coefficient (Wildman–Crippen LogP) is 32.3. The Morgan fingerprint density at radius 1 is 0.144 bits per heavy atom.